The number of rotatable bonds is 6. The normalized spacial score (nSPS) is 11.6. The van der Waals surface area contributed by atoms with Crippen LogP contribution >= 0.6 is 0 Å². The first kappa shape index (κ1) is 12.9. The van der Waals surface area contributed by atoms with E-state index in [4.69, 9.17) is 0 Å². The number of esters is 1. The summed E-state index contributed by atoms with van der Waals surface area (Å²) in [4.78, 5) is 11.1. The summed E-state index contributed by atoms with van der Waals surface area (Å²) in [5.41, 5.74) is 2.55. The maximum atomic E-state index is 11.1. The van der Waals surface area contributed by atoms with Gasteiger partial charge in [-0.2, -0.15) is 0 Å². The fraction of sp³-hybridized carbons (Fsp3) is 0.636. The van der Waals surface area contributed by atoms with Crippen molar-refractivity contribution in [2.24, 2.45) is 0 Å². The van der Waals surface area contributed by atoms with Gasteiger partial charge in [0.05, 0.1) is 13.2 Å². The van der Waals surface area contributed by atoms with Crippen LogP contribution < -0.4 is 0 Å². The molecular weight excluding hydrogens is 180 g/mol. The highest BCUT2D eigenvalue weighted by atomic mass is 16.5. The molecule has 0 heterocycles. The molecule has 0 aliphatic rings. The van der Waals surface area contributed by atoms with E-state index in [9.17, 15) is 9.90 Å². The number of unbranched alkanes of at least 4 members (excludes halogenated alkanes) is 2. The number of carbonyl (C=O) groups excluding carboxylic acids is 1. The summed E-state index contributed by atoms with van der Waals surface area (Å²) in [5, 5.41) is 9.60. The van der Waals surface area contributed by atoms with Crippen LogP contribution in [0.3, 0.4) is 0 Å². The summed E-state index contributed by atoms with van der Waals surface area (Å²) in [7, 11) is 1.28. The monoisotopic (exact) mass is 198 g/mol. The third-order valence-corrected chi connectivity index (χ3v) is 2.01. The smallest absolute Gasteiger partial charge is 0.344 e. The fourth-order valence-electron chi connectivity index (χ4n) is 1.17. The molecule has 0 aromatic heterocycles. The van der Waals surface area contributed by atoms with E-state index in [1.165, 1.54) is 7.11 Å². The Morgan fingerprint density at radius 2 is 2.21 bits per heavy atom. The lowest BCUT2D eigenvalue weighted by Crippen LogP contribution is -2.18. The summed E-state index contributed by atoms with van der Waals surface area (Å²) < 4.78 is 4.49. The minimum absolute atomic E-state index is 0.128. The number of ether oxygens (including phenoxy) is 1. The largest absolute Gasteiger partial charge is 0.465 e. The van der Waals surface area contributed by atoms with Gasteiger partial charge in [-0.1, -0.05) is 32.8 Å². The zero-order valence-electron chi connectivity index (χ0n) is 8.88. The summed E-state index contributed by atoms with van der Waals surface area (Å²) in [6.07, 6.45) is 2.77. The van der Waals surface area contributed by atoms with Crippen molar-refractivity contribution >= 4 is 5.97 Å². The van der Waals surface area contributed by atoms with Crippen molar-refractivity contribution in [3.63, 3.8) is 0 Å². The Morgan fingerprint density at radius 3 is 2.64 bits per heavy atom. The van der Waals surface area contributed by atoms with Gasteiger partial charge in [0.25, 0.3) is 0 Å². The van der Waals surface area contributed by atoms with Crippen molar-refractivity contribution in [1.29, 1.82) is 0 Å². The lowest BCUT2D eigenvalue weighted by Gasteiger charge is -2.10. The first-order valence-electron chi connectivity index (χ1n) is 4.83. The van der Waals surface area contributed by atoms with Crippen LogP contribution in [-0.4, -0.2) is 24.3 Å². The van der Waals surface area contributed by atoms with Crippen LogP contribution in [-0.2, 0) is 9.53 Å². The van der Waals surface area contributed by atoms with Gasteiger partial charge in [-0.25, -0.2) is 4.79 Å². The molecule has 80 valence electrons. The van der Waals surface area contributed by atoms with Gasteiger partial charge >= 0.3 is 5.97 Å². The lowest BCUT2D eigenvalue weighted by atomic mass is 10.0. The maximum absolute atomic E-state index is 11.1. The first-order chi connectivity index (χ1) is 6.67. The van der Waals surface area contributed by atoms with E-state index < -0.39 is 12.1 Å². The SMILES string of the molecule is C=C=C(C(=O)OC)[C@H](O)CCCCC. The summed E-state index contributed by atoms with van der Waals surface area (Å²) in [5.74, 6) is -0.552. The van der Waals surface area contributed by atoms with Crippen LogP contribution in [0.5, 0.6) is 0 Å². The molecule has 0 aliphatic heterocycles. The molecule has 0 radical (unpaired) electrons. The van der Waals surface area contributed by atoms with Gasteiger partial charge in [-0.05, 0) is 6.42 Å². The fourth-order valence-corrected chi connectivity index (χ4v) is 1.17. The predicted octanol–water partition coefficient (Wildman–Crippen LogP) is 1.81. The zero-order valence-corrected chi connectivity index (χ0v) is 8.88. The molecule has 0 aromatic carbocycles. The van der Waals surface area contributed by atoms with Crippen molar-refractivity contribution in [1.82, 2.24) is 0 Å². The highest BCUT2D eigenvalue weighted by Crippen LogP contribution is 2.11. The Balaban J connectivity index is 4.13. The molecular formula is C11H18O3. The van der Waals surface area contributed by atoms with Crippen molar-refractivity contribution in [3.05, 3.63) is 17.9 Å². The molecule has 14 heavy (non-hydrogen) atoms. The molecule has 0 unspecified atom stereocenters. The van der Waals surface area contributed by atoms with E-state index in [-0.39, 0.29) is 5.57 Å². The molecule has 0 amide bonds. The number of methoxy groups -OCH3 is 1. The van der Waals surface area contributed by atoms with E-state index in [0.29, 0.717) is 6.42 Å². The Bertz CT molecular complexity index is 227. The van der Waals surface area contributed by atoms with Gasteiger partial charge in [0, 0.05) is 0 Å². The Morgan fingerprint density at radius 1 is 1.57 bits per heavy atom. The van der Waals surface area contributed by atoms with Crippen molar-refractivity contribution in [2.45, 2.75) is 38.7 Å². The second kappa shape index (κ2) is 7.36. The molecule has 0 bridgehead atoms. The number of hydrogen-bond donors (Lipinski definition) is 1. The minimum Gasteiger partial charge on any atom is -0.465 e. The van der Waals surface area contributed by atoms with Crippen LogP contribution in [0.4, 0.5) is 0 Å². The highest BCUT2D eigenvalue weighted by molar-refractivity contribution is 5.89. The molecule has 1 atom stereocenters. The average Bonchev–Trinajstić information content (AvgIpc) is 2.19. The van der Waals surface area contributed by atoms with Gasteiger partial charge in [-0.3, -0.25) is 0 Å². The van der Waals surface area contributed by atoms with Gasteiger partial charge in [0.1, 0.15) is 5.57 Å². The van der Waals surface area contributed by atoms with Gasteiger partial charge in [0.15, 0.2) is 0 Å². The van der Waals surface area contributed by atoms with E-state index in [1.807, 2.05) is 0 Å². The van der Waals surface area contributed by atoms with Gasteiger partial charge in [-0.15, -0.1) is 5.73 Å². The Hall–Kier alpha value is -1.05. The molecule has 0 saturated carbocycles. The number of hydrogen-bond acceptors (Lipinski definition) is 3. The van der Waals surface area contributed by atoms with Crippen molar-refractivity contribution < 1.29 is 14.6 Å². The number of aliphatic hydroxyl groups is 1. The predicted molar refractivity (Wildman–Crippen MR) is 54.8 cm³/mol. The molecule has 1 N–H and O–H groups in total. The second-order valence-electron chi connectivity index (χ2n) is 3.09. The summed E-state index contributed by atoms with van der Waals surface area (Å²) in [6.45, 7) is 5.44. The quantitative estimate of drug-likeness (QED) is 0.306. The number of aliphatic hydroxyl groups excluding tert-OH is 1. The van der Waals surface area contributed by atoms with E-state index in [0.717, 1.165) is 19.3 Å². The Labute approximate surface area is 85.1 Å². The topological polar surface area (TPSA) is 46.5 Å². The zero-order chi connectivity index (χ0) is 11.0. The third-order valence-electron chi connectivity index (χ3n) is 2.01. The molecule has 3 nitrogen and oxygen atoms in total. The van der Waals surface area contributed by atoms with E-state index in [2.05, 4.69) is 24.0 Å². The average molecular weight is 198 g/mol. The highest BCUT2D eigenvalue weighted by Gasteiger charge is 2.18. The lowest BCUT2D eigenvalue weighted by molar-refractivity contribution is -0.137. The molecule has 0 rings (SSSR count). The molecule has 0 fully saturated rings. The van der Waals surface area contributed by atoms with E-state index in [1.54, 1.807) is 0 Å². The van der Waals surface area contributed by atoms with Crippen LogP contribution in [0, 0.1) is 0 Å². The third kappa shape index (κ3) is 4.26. The summed E-state index contributed by atoms with van der Waals surface area (Å²) >= 11 is 0. The van der Waals surface area contributed by atoms with Gasteiger partial charge in [0.2, 0.25) is 0 Å². The second-order valence-corrected chi connectivity index (χ2v) is 3.09. The van der Waals surface area contributed by atoms with Gasteiger partial charge < -0.3 is 9.84 Å². The van der Waals surface area contributed by atoms with E-state index >= 15 is 0 Å². The van der Waals surface area contributed by atoms with Crippen molar-refractivity contribution in [2.75, 3.05) is 7.11 Å². The molecule has 0 saturated heterocycles. The van der Waals surface area contributed by atoms with Crippen LogP contribution in [0.15, 0.2) is 17.9 Å². The minimum atomic E-state index is -0.800. The molecule has 0 spiro atoms. The first-order valence-corrected chi connectivity index (χ1v) is 4.83. The molecule has 0 aliphatic carbocycles. The molecule has 0 aromatic rings. The number of carbonyl (C=O) groups is 1. The summed E-state index contributed by atoms with van der Waals surface area (Å²) in [6, 6.07) is 0. The standard InChI is InChI=1S/C11H18O3/c1-4-6-7-8-10(12)9(5-2)11(13)14-3/h10,12H,2,4,6-8H2,1,3H3/t10-/m1/s1. The van der Waals surface area contributed by atoms with Crippen molar-refractivity contribution in [3.8, 4) is 0 Å². The molecule has 3 heteroatoms. The van der Waals surface area contributed by atoms with Crippen LogP contribution in [0.25, 0.3) is 0 Å². The Kier molecular flexibility index (Phi) is 6.81. The maximum Gasteiger partial charge on any atom is 0.344 e. The van der Waals surface area contributed by atoms with Crippen LogP contribution in [0.2, 0.25) is 0 Å². The van der Waals surface area contributed by atoms with Crippen LogP contribution in [0.1, 0.15) is 32.6 Å².